The molecule has 0 spiro atoms. The van der Waals surface area contributed by atoms with E-state index in [2.05, 4.69) is 125 Å². The number of hydrogen-bond donors (Lipinski definition) is 2. The molecule has 0 fully saturated rings. The second kappa shape index (κ2) is 33.2. The van der Waals surface area contributed by atoms with Crippen LogP contribution in [0.1, 0.15) is 133 Å². The van der Waals surface area contributed by atoms with Gasteiger partial charge in [0.25, 0.3) is 0 Å². The number of rotatable bonds is 21. The van der Waals surface area contributed by atoms with Gasteiger partial charge in [0.2, 0.25) is 0 Å². The second-order valence-corrected chi connectivity index (χ2v) is 22.0. The van der Waals surface area contributed by atoms with Crippen molar-refractivity contribution in [2.75, 3.05) is 28.7 Å². The molecule has 5 unspecified atom stereocenters. The van der Waals surface area contributed by atoms with Crippen LogP contribution in [0.3, 0.4) is 0 Å². The number of hydrogen-bond acceptors (Lipinski definition) is 10. The molecule has 0 radical (unpaired) electrons. The molecule has 0 saturated carbocycles. The van der Waals surface area contributed by atoms with Crippen LogP contribution in [0.2, 0.25) is 0 Å². The number of ether oxygens (including phenoxy) is 7. The maximum absolute atomic E-state index is 13.3. The Bertz CT molecular complexity index is 3380. The number of carbonyl (C=O) groups excluding carboxylic acids is 2. The average molecular weight is 1210 g/mol. The van der Waals surface area contributed by atoms with Crippen molar-refractivity contribution in [3.8, 4) is 28.7 Å². The highest BCUT2D eigenvalue weighted by Gasteiger charge is 2.30. The highest BCUT2D eigenvalue weighted by molar-refractivity contribution is 6.92. The summed E-state index contributed by atoms with van der Waals surface area (Å²) in [6, 6.07) is 53.2. The first-order valence-electron chi connectivity index (χ1n) is 29.9. The molecule has 2 amide bonds. The van der Waals surface area contributed by atoms with Crippen LogP contribution >= 0.6 is 19.8 Å². The molecular formula is C73H89N3O9P2. The Hall–Kier alpha value is -8.04. The third-order valence-electron chi connectivity index (χ3n) is 14.6. The maximum atomic E-state index is 13.3. The zero-order chi connectivity index (χ0) is 60.1. The molecule has 2 N–H and O–H groups in total. The fraction of sp³-hybridized carbons (Fsp3) is 0.315. The third-order valence-corrected chi connectivity index (χ3v) is 14.6. The van der Waals surface area contributed by atoms with E-state index in [0.717, 1.165) is 119 Å². The number of amides is 2. The summed E-state index contributed by atoms with van der Waals surface area (Å²) >= 11 is 0. The normalized spacial score (nSPS) is 17.0. The van der Waals surface area contributed by atoms with Crippen molar-refractivity contribution >= 4 is 67.3 Å². The van der Waals surface area contributed by atoms with Crippen LogP contribution in [0.15, 0.2) is 182 Å². The summed E-state index contributed by atoms with van der Waals surface area (Å²) in [6.45, 7) is 19.6. The molecule has 0 aromatic heterocycles. The molecule has 7 aromatic carbocycles. The molecule has 3 aliphatic heterocycles. The monoisotopic (exact) mass is 1210 g/mol. The van der Waals surface area contributed by atoms with Crippen LogP contribution in [0.25, 0.3) is 18.2 Å². The van der Waals surface area contributed by atoms with Crippen LogP contribution in [0.4, 0.5) is 26.7 Å². The standard InChI is InChI=1S/C30H33NO4.C23H27NO4.C20H23NO.2H3P/c1-4-18-30(3)19-17-25-20-26(13-16-28(25)35-30)31(21-23-9-7-6-8-10-23)29(32)34-22-24-11-14-27(15-12-24)33-5-2;1-4-13-23(3)14-12-18-15-19(8-11-21(18)28-23)24-22(25)27-16-17-6-9-20(10-7-17)26-5-2;1-3-12-20(2)13-11-17-14-18(9-10-19(17)22-20)21-15-16-7-5-4-6-8-16;;/h6-17,19-20H,4-5,18,21-22H2,1-3H3;6-12,14-15H,4-5,13,16H2,1-3H3,(H,24,25);4-11,13-14,21H,3,12,15H2,1-2H3;2*1H3. The van der Waals surface area contributed by atoms with E-state index in [1.165, 1.54) is 5.56 Å². The van der Waals surface area contributed by atoms with Crippen molar-refractivity contribution in [1.29, 1.82) is 0 Å². The molecule has 3 aliphatic rings. The minimum absolute atomic E-state index is 0. The van der Waals surface area contributed by atoms with Crippen molar-refractivity contribution in [2.45, 2.75) is 137 Å². The smallest absolute Gasteiger partial charge is 0.414 e. The van der Waals surface area contributed by atoms with Gasteiger partial charge in [0.15, 0.2) is 0 Å². The largest absolute Gasteiger partial charge is 0.494 e. The molecule has 3 heterocycles. The Morgan fingerprint density at radius 2 is 0.897 bits per heavy atom. The molecule has 87 heavy (non-hydrogen) atoms. The molecule has 0 aliphatic carbocycles. The van der Waals surface area contributed by atoms with Crippen LogP contribution in [0, 0.1) is 0 Å². The van der Waals surface area contributed by atoms with E-state index in [9.17, 15) is 9.59 Å². The molecule has 5 atom stereocenters. The lowest BCUT2D eigenvalue weighted by Gasteiger charge is -2.32. The lowest BCUT2D eigenvalue weighted by Crippen LogP contribution is -2.32. The fourth-order valence-corrected chi connectivity index (χ4v) is 10.3. The van der Waals surface area contributed by atoms with Gasteiger partial charge < -0.3 is 38.5 Å². The molecule has 10 rings (SSSR count). The van der Waals surface area contributed by atoms with Gasteiger partial charge >= 0.3 is 12.2 Å². The zero-order valence-corrected chi connectivity index (χ0v) is 54.9. The number of carbonyl (C=O) groups is 2. The maximum Gasteiger partial charge on any atom is 0.414 e. The SMILES string of the molecule is CCCC1(C)C=Cc2cc(N(Cc3ccccc3)C(=O)OCc3ccc(OCC)cc3)ccc2O1.CCCC1(C)C=Cc2cc(NC(=O)OCc3ccc(OCC)cc3)ccc2O1.CCCC1(C)C=Cc2cc(NCc3ccccc3)ccc2O1.P.P. The van der Waals surface area contributed by atoms with E-state index >= 15 is 0 Å². The van der Waals surface area contributed by atoms with Gasteiger partial charge in [0.1, 0.15) is 58.8 Å². The Balaban J connectivity index is 0.000000211. The molecule has 460 valence electrons. The van der Waals surface area contributed by atoms with Crippen LogP contribution in [0.5, 0.6) is 28.7 Å². The number of benzene rings is 7. The van der Waals surface area contributed by atoms with Gasteiger partial charge in [-0.25, -0.2) is 9.59 Å². The van der Waals surface area contributed by atoms with E-state index < -0.39 is 12.2 Å². The molecule has 0 bridgehead atoms. The van der Waals surface area contributed by atoms with Gasteiger partial charge in [-0.2, -0.15) is 19.8 Å². The highest BCUT2D eigenvalue weighted by Crippen LogP contribution is 2.38. The van der Waals surface area contributed by atoms with E-state index in [1.54, 1.807) is 4.90 Å². The fourth-order valence-electron chi connectivity index (χ4n) is 10.3. The van der Waals surface area contributed by atoms with Crippen molar-refractivity contribution < 1.29 is 42.7 Å². The summed E-state index contributed by atoms with van der Waals surface area (Å²) in [6.07, 6.45) is 17.9. The summed E-state index contributed by atoms with van der Waals surface area (Å²) in [4.78, 5) is 27.0. The van der Waals surface area contributed by atoms with Gasteiger partial charge in [-0.3, -0.25) is 10.2 Å². The topological polar surface area (TPSA) is 126 Å². The minimum atomic E-state index is -0.495. The summed E-state index contributed by atoms with van der Waals surface area (Å²) in [7, 11) is 0. The summed E-state index contributed by atoms with van der Waals surface area (Å²) in [5.41, 5.74) is 8.95. The summed E-state index contributed by atoms with van der Waals surface area (Å²) < 4.78 is 40.5. The van der Waals surface area contributed by atoms with Crippen LogP contribution < -0.4 is 39.2 Å². The quantitative estimate of drug-likeness (QED) is 0.0672. The minimum Gasteiger partial charge on any atom is -0.494 e. The first-order valence-corrected chi connectivity index (χ1v) is 29.9. The van der Waals surface area contributed by atoms with Crippen LogP contribution in [-0.2, 0) is 35.8 Å². The Morgan fingerprint density at radius 3 is 1.37 bits per heavy atom. The van der Waals surface area contributed by atoms with E-state index in [-0.39, 0.29) is 49.8 Å². The molecule has 12 nitrogen and oxygen atoms in total. The molecular weight excluding hydrogens is 1120 g/mol. The zero-order valence-electron chi connectivity index (χ0n) is 52.1. The number of fused-ring (bicyclic) bond motifs is 3. The van der Waals surface area contributed by atoms with Gasteiger partial charge in [0.05, 0.1) is 19.8 Å². The number of anilines is 3. The van der Waals surface area contributed by atoms with E-state index in [4.69, 9.17) is 33.2 Å². The molecule has 7 aromatic rings. The van der Waals surface area contributed by atoms with Gasteiger partial charge in [-0.05, 0) is 173 Å². The Morgan fingerprint density at radius 1 is 0.471 bits per heavy atom. The first kappa shape index (κ1) is 68.1. The number of nitrogens with one attached hydrogen (secondary N) is 2. The van der Waals surface area contributed by atoms with E-state index in [1.807, 2.05) is 141 Å². The highest BCUT2D eigenvalue weighted by atomic mass is 31.0. The predicted octanol–water partition coefficient (Wildman–Crippen LogP) is 18.6. The summed E-state index contributed by atoms with van der Waals surface area (Å²) in [5, 5.41) is 6.23. The molecule has 14 heteroatoms. The number of nitrogens with zero attached hydrogens (tertiary/aromatic N) is 1. The van der Waals surface area contributed by atoms with Gasteiger partial charge in [0, 0.05) is 40.3 Å². The lowest BCUT2D eigenvalue weighted by molar-refractivity contribution is 0.126. The summed E-state index contributed by atoms with van der Waals surface area (Å²) in [5.74, 6) is 4.23. The van der Waals surface area contributed by atoms with Crippen molar-refractivity contribution in [3.63, 3.8) is 0 Å². The molecule has 0 saturated heterocycles. The Labute approximate surface area is 522 Å². The lowest BCUT2D eigenvalue weighted by atomic mass is 9.95. The average Bonchev–Trinajstić information content (AvgIpc) is 3.54. The third kappa shape index (κ3) is 20.3. The van der Waals surface area contributed by atoms with Crippen LogP contribution in [-0.4, -0.2) is 42.2 Å². The van der Waals surface area contributed by atoms with Gasteiger partial charge in [-0.15, -0.1) is 0 Å². The van der Waals surface area contributed by atoms with Crippen molar-refractivity contribution in [3.05, 3.63) is 221 Å². The van der Waals surface area contributed by atoms with Crippen molar-refractivity contribution in [2.24, 2.45) is 0 Å². The van der Waals surface area contributed by atoms with Crippen molar-refractivity contribution in [1.82, 2.24) is 0 Å². The van der Waals surface area contributed by atoms with Gasteiger partial charge in [-0.1, -0.05) is 143 Å². The Kier molecular flexibility index (Phi) is 26.0. The first-order chi connectivity index (χ1) is 41.2. The van der Waals surface area contributed by atoms with E-state index in [0.29, 0.717) is 25.4 Å². The predicted molar refractivity (Wildman–Crippen MR) is 366 cm³/mol. The second-order valence-electron chi connectivity index (χ2n) is 22.0.